The minimum absolute atomic E-state index is 0.180. The summed E-state index contributed by atoms with van der Waals surface area (Å²) in [6.45, 7) is -2.91. The van der Waals surface area contributed by atoms with Gasteiger partial charge in [0.1, 0.15) is 11.6 Å². The molecule has 1 aromatic carbocycles. The van der Waals surface area contributed by atoms with Crippen LogP contribution in [-0.4, -0.2) is 22.4 Å². The minimum atomic E-state index is -2.91. The summed E-state index contributed by atoms with van der Waals surface area (Å²) in [7, 11) is 1.45. The van der Waals surface area contributed by atoms with E-state index < -0.39 is 18.3 Å². The van der Waals surface area contributed by atoms with Crippen LogP contribution in [0.1, 0.15) is 28.0 Å². The maximum Gasteiger partial charge on any atom is 0.320 e. The zero-order valence-corrected chi connectivity index (χ0v) is 13.3. The molecule has 8 heteroatoms. The number of Topliss-reactive ketones (excluding diaryl/α,β-unsaturated/α-hetero) is 1. The predicted octanol–water partition coefficient (Wildman–Crippen LogP) is 3.99. The van der Waals surface area contributed by atoms with Crippen molar-refractivity contribution in [1.29, 1.82) is 5.26 Å². The maximum atomic E-state index is 13.5. The molecule has 0 N–H and O–H groups in total. The number of thiophene rings is 1. The molecule has 2 heterocycles. The molecule has 0 bridgehead atoms. The van der Waals surface area contributed by atoms with Crippen LogP contribution in [0.25, 0.3) is 11.0 Å². The Kier molecular flexibility index (Phi) is 4.27. The van der Waals surface area contributed by atoms with E-state index >= 15 is 0 Å². The highest BCUT2D eigenvalue weighted by atomic mass is 32.1. The molecular formula is C16H11F2N3O2S. The number of nitrogens with zero attached hydrogens (tertiary/aromatic N) is 3. The number of ketones is 1. The van der Waals surface area contributed by atoms with Gasteiger partial charge >= 0.3 is 6.55 Å². The number of rotatable bonds is 5. The van der Waals surface area contributed by atoms with Crippen LogP contribution in [0.4, 0.5) is 8.78 Å². The van der Waals surface area contributed by atoms with Crippen LogP contribution in [0, 0.1) is 11.3 Å². The summed E-state index contributed by atoms with van der Waals surface area (Å²) < 4.78 is 32.6. The number of benzene rings is 1. The molecule has 0 aliphatic carbocycles. The molecule has 0 saturated carbocycles. The molecule has 0 unspecified atom stereocenters. The van der Waals surface area contributed by atoms with Gasteiger partial charge in [0.05, 0.1) is 29.1 Å². The van der Waals surface area contributed by atoms with Crippen molar-refractivity contribution < 1.29 is 18.3 Å². The van der Waals surface area contributed by atoms with E-state index in [0.29, 0.717) is 15.8 Å². The molecule has 0 aliphatic rings. The lowest BCUT2D eigenvalue weighted by molar-refractivity contribution is 0.0701. The second kappa shape index (κ2) is 6.37. The molecule has 0 spiro atoms. The Labute approximate surface area is 139 Å². The van der Waals surface area contributed by atoms with Gasteiger partial charge in [-0.25, -0.2) is 4.98 Å². The molecular weight excluding hydrogens is 336 g/mol. The number of fused-ring (bicyclic) bond motifs is 1. The number of methoxy groups -OCH3 is 1. The zero-order valence-electron chi connectivity index (χ0n) is 12.4. The van der Waals surface area contributed by atoms with Crippen LogP contribution >= 0.6 is 11.3 Å². The zero-order chi connectivity index (χ0) is 17.3. The smallest absolute Gasteiger partial charge is 0.320 e. The van der Waals surface area contributed by atoms with Gasteiger partial charge in [0.15, 0.2) is 11.7 Å². The van der Waals surface area contributed by atoms with Crippen LogP contribution in [0.15, 0.2) is 35.7 Å². The van der Waals surface area contributed by atoms with E-state index in [1.54, 1.807) is 29.6 Å². The third kappa shape index (κ3) is 2.63. The lowest BCUT2D eigenvalue weighted by Crippen LogP contribution is -2.16. The Hall–Kier alpha value is -2.79. The van der Waals surface area contributed by atoms with Crippen molar-refractivity contribution in [2.45, 2.75) is 12.5 Å². The van der Waals surface area contributed by atoms with Crippen molar-refractivity contribution in [1.82, 2.24) is 9.55 Å². The van der Waals surface area contributed by atoms with Crippen LogP contribution in [0.5, 0.6) is 5.75 Å². The summed E-state index contributed by atoms with van der Waals surface area (Å²) in [4.78, 5) is 16.9. The van der Waals surface area contributed by atoms with Gasteiger partial charge in [-0.1, -0.05) is 12.1 Å². The highest BCUT2D eigenvalue weighted by molar-refractivity contribution is 7.12. The first-order valence-corrected chi connectivity index (χ1v) is 7.76. The average molecular weight is 347 g/mol. The molecule has 3 aromatic rings. The normalized spacial score (nSPS) is 12.3. The fourth-order valence-corrected chi connectivity index (χ4v) is 3.23. The monoisotopic (exact) mass is 347 g/mol. The predicted molar refractivity (Wildman–Crippen MR) is 84.5 cm³/mol. The highest BCUT2D eigenvalue weighted by Crippen LogP contribution is 2.31. The number of hydrogen-bond acceptors (Lipinski definition) is 5. The number of imidazole rings is 1. The second-order valence-electron chi connectivity index (χ2n) is 4.88. The maximum absolute atomic E-state index is 13.5. The van der Waals surface area contributed by atoms with Gasteiger partial charge < -0.3 is 4.74 Å². The van der Waals surface area contributed by atoms with E-state index in [0.717, 1.165) is 11.3 Å². The van der Waals surface area contributed by atoms with Gasteiger partial charge in [0, 0.05) is 11.4 Å². The molecule has 3 rings (SSSR count). The largest absolute Gasteiger partial charge is 0.496 e. The van der Waals surface area contributed by atoms with Gasteiger partial charge in [-0.15, -0.1) is 11.3 Å². The van der Waals surface area contributed by atoms with E-state index in [-0.39, 0.29) is 16.2 Å². The van der Waals surface area contributed by atoms with Crippen molar-refractivity contribution in [2.75, 3.05) is 7.11 Å². The Balaban J connectivity index is 2.11. The Morgan fingerprint density at radius 1 is 1.42 bits per heavy atom. The third-order valence-electron chi connectivity index (χ3n) is 3.52. The number of nitriles is 1. The van der Waals surface area contributed by atoms with E-state index in [2.05, 4.69) is 4.98 Å². The first kappa shape index (κ1) is 16.1. The number of halogens is 2. The lowest BCUT2D eigenvalue weighted by atomic mass is 10.0. The number of ether oxygens (including phenoxy) is 1. The molecule has 2 aromatic heterocycles. The van der Waals surface area contributed by atoms with Crippen LogP contribution in [0.2, 0.25) is 0 Å². The fourth-order valence-electron chi connectivity index (χ4n) is 2.40. The number of hydrogen-bond donors (Lipinski definition) is 0. The number of carbonyl (C=O) groups is 1. The second-order valence-corrected chi connectivity index (χ2v) is 5.79. The first-order chi connectivity index (χ1) is 11.6. The molecule has 0 saturated heterocycles. The molecule has 5 nitrogen and oxygen atoms in total. The van der Waals surface area contributed by atoms with E-state index in [1.165, 1.54) is 19.2 Å². The van der Waals surface area contributed by atoms with Crippen molar-refractivity contribution >= 4 is 28.2 Å². The molecule has 0 fully saturated rings. The highest BCUT2D eigenvalue weighted by Gasteiger charge is 2.31. The van der Waals surface area contributed by atoms with Crippen LogP contribution in [-0.2, 0) is 0 Å². The summed E-state index contributed by atoms with van der Waals surface area (Å²) in [6.07, 6.45) is 0. The van der Waals surface area contributed by atoms with Crippen molar-refractivity contribution in [3.63, 3.8) is 0 Å². The van der Waals surface area contributed by atoms with Crippen molar-refractivity contribution in [3.05, 3.63) is 46.4 Å². The lowest BCUT2D eigenvalue weighted by Gasteiger charge is -2.10. The quantitative estimate of drug-likeness (QED) is 0.655. The number of alkyl halides is 2. The number of aromatic nitrogens is 2. The van der Waals surface area contributed by atoms with Gasteiger partial charge in [-0.2, -0.15) is 14.0 Å². The molecule has 0 aliphatic heterocycles. The topological polar surface area (TPSA) is 67.9 Å². The summed E-state index contributed by atoms with van der Waals surface area (Å²) >= 11 is 1.09. The molecule has 0 amide bonds. The number of carbonyl (C=O) groups excluding carboxylic acids is 1. The van der Waals surface area contributed by atoms with Gasteiger partial charge in [-0.3, -0.25) is 9.36 Å². The standard InChI is InChI=1S/C16H11F2N3O2S/c1-23-9-6-13(24-8-9)14(22)10(7-19)15-20-11-4-2-3-5-12(11)21(15)16(17)18/h2-6,8,10,16H,1H3/t10-/m0/s1. The van der Waals surface area contributed by atoms with Gasteiger partial charge in [-0.05, 0) is 12.1 Å². The molecule has 1 atom stereocenters. The van der Waals surface area contributed by atoms with Crippen molar-refractivity contribution in [3.8, 4) is 11.8 Å². The average Bonchev–Trinajstić information content (AvgIpc) is 3.19. The summed E-state index contributed by atoms with van der Waals surface area (Å²) in [6, 6.07) is 9.57. The number of para-hydroxylation sites is 2. The summed E-state index contributed by atoms with van der Waals surface area (Å²) in [5.41, 5.74) is 0.490. The third-order valence-corrected chi connectivity index (χ3v) is 4.44. The SMILES string of the molecule is COc1csc(C(=O)[C@H](C#N)c2nc3ccccc3n2C(F)F)c1. The van der Waals surface area contributed by atoms with Gasteiger partial charge in [0.2, 0.25) is 0 Å². The molecule has 0 radical (unpaired) electrons. The molecule has 24 heavy (non-hydrogen) atoms. The Morgan fingerprint density at radius 2 is 2.17 bits per heavy atom. The Bertz CT molecular complexity index is 942. The fraction of sp³-hybridized carbons (Fsp3) is 0.188. The summed E-state index contributed by atoms with van der Waals surface area (Å²) in [5.74, 6) is -1.79. The van der Waals surface area contributed by atoms with Gasteiger partial charge in [0.25, 0.3) is 0 Å². The Morgan fingerprint density at radius 3 is 2.79 bits per heavy atom. The summed E-state index contributed by atoms with van der Waals surface area (Å²) in [5, 5.41) is 11.0. The van der Waals surface area contributed by atoms with Crippen molar-refractivity contribution in [2.24, 2.45) is 0 Å². The van der Waals surface area contributed by atoms with Crippen LogP contribution < -0.4 is 4.74 Å². The minimum Gasteiger partial charge on any atom is -0.496 e. The van der Waals surface area contributed by atoms with E-state index in [4.69, 9.17) is 4.74 Å². The molecule has 122 valence electrons. The van der Waals surface area contributed by atoms with Crippen LogP contribution in [0.3, 0.4) is 0 Å². The first-order valence-electron chi connectivity index (χ1n) is 6.88. The van der Waals surface area contributed by atoms with E-state index in [1.807, 2.05) is 0 Å². The van der Waals surface area contributed by atoms with E-state index in [9.17, 15) is 18.8 Å².